The zero-order chi connectivity index (χ0) is 12.0. The van der Waals surface area contributed by atoms with Crippen LogP contribution in [-0.4, -0.2) is 12.1 Å². The molecule has 1 aliphatic carbocycles. The van der Waals surface area contributed by atoms with Crippen molar-refractivity contribution in [2.45, 2.75) is 19.3 Å². The highest BCUT2D eigenvalue weighted by Gasteiger charge is 2.21. The van der Waals surface area contributed by atoms with Gasteiger partial charge < -0.3 is 4.74 Å². The molecule has 0 N–H and O–H groups in total. The average Bonchev–Trinajstić information content (AvgIpc) is 2.79. The molecular formula is C13H11Cl2NO. The lowest BCUT2D eigenvalue weighted by molar-refractivity contribution is 0.419. The van der Waals surface area contributed by atoms with Crippen LogP contribution in [0.25, 0.3) is 10.9 Å². The van der Waals surface area contributed by atoms with Gasteiger partial charge in [-0.1, -0.05) is 23.2 Å². The summed E-state index contributed by atoms with van der Waals surface area (Å²) < 4.78 is 5.34. The lowest BCUT2D eigenvalue weighted by atomic mass is 10.1. The Morgan fingerprint density at radius 2 is 2.06 bits per heavy atom. The highest BCUT2D eigenvalue weighted by molar-refractivity contribution is 6.40. The fourth-order valence-corrected chi connectivity index (χ4v) is 3.00. The Balaban J connectivity index is 2.46. The van der Waals surface area contributed by atoms with E-state index in [-0.39, 0.29) is 0 Å². The Bertz CT molecular complexity index is 610. The van der Waals surface area contributed by atoms with E-state index < -0.39 is 0 Å². The second-order valence-corrected chi connectivity index (χ2v) is 4.96. The number of methoxy groups -OCH3 is 1. The number of rotatable bonds is 1. The van der Waals surface area contributed by atoms with Crippen LogP contribution in [0.4, 0.5) is 0 Å². The van der Waals surface area contributed by atoms with Gasteiger partial charge in [0.15, 0.2) is 0 Å². The molecule has 0 amide bonds. The topological polar surface area (TPSA) is 22.1 Å². The molecule has 2 nitrogen and oxygen atoms in total. The molecule has 1 heterocycles. The molecule has 3 rings (SSSR count). The van der Waals surface area contributed by atoms with Gasteiger partial charge in [-0.3, -0.25) is 4.98 Å². The first kappa shape index (κ1) is 11.1. The summed E-state index contributed by atoms with van der Waals surface area (Å²) in [5.41, 5.74) is 2.98. The maximum Gasteiger partial charge on any atom is 0.129 e. The van der Waals surface area contributed by atoms with Gasteiger partial charge in [-0.15, -0.1) is 0 Å². The number of aromatic nitrogens is 1. The Kier molecular flexibility index (Phi) is 2.64. The maximum absolute atomic E-state index is 6.46. The molecule has 17 heavy (non-hydrogen) atoms. The van der Waals surface area contributed by atoms with E-state index in [0.29, 0.717) is 5.02 Å². The van der Waals surface area contributed by atoms with Crippen LogP contribution in [0, 0.1) is 0 Å². The van der Waals surface area contributed by atoms with Crippen molar-refractivity contribution in [2.75, 3.05) is 7.11 Å². The first-order valence-electron chi connectivity index (χ1n) is 5.56. The van der Waals surface area contributed by atoms with Gasteiger partial charge in [0.1, 0.15) is 5.75 Å². The average molecular weight is 268 g/mol. The number of nitrogens with zero attached hydrogens (tertiary/aromatic N) is 1. The number of ether oxygens (including phenoxy) is 1. The van der Waals surface area contributed by atoms with Gasteiger partial charge in [-0.25, -0.2) is 0 Å². The second-order valence-electron chi connectivity index (χ2n) is 4.18. The number of benzene rings is 1. The quantitative estimate of drug-likeness (QED) is 0.778. The van der Waals surface area contributed by atoms with E-state index in [1.54, 1.807) is 13.2 Å². The lowest BCUT2D eigenvalue weighted by Crippen LogP contribution is -1.95. The summed E-state index contributed by atoms with van der Waals surface area (Å²) in [5, 5.41) is 2.21. The summed E-state index contributed by atoms with van der Waals surface area (Å²) in [5.74, 6) is 0.733. The molecule has 0 aliphatic heterocycles. The van der Waals surface area contributed by atoms with Crippen molar-refractivity contribution in [1.29, 1.82) is 0 Å². The molecule has 88 valence electrons. The van der Waals surface area contributed by atoms with Crippen LogP contribution in [-0.2, 0) is 12.8 Å². The minimum absolute atomic E-state index is 0.623. The molecule has 0 fully saturated rings. The zero-order valence-corrected chi connectivity index (χ0v) is 10.9. The molecule has 0 atom stereocenters. The third kappa shape index (κ3) is 1.59. The number of hydrogen-bond donors (Lipinski definition) is 0. The van der Waals surface area contributed by atoms with Crippen molar-refractivity contribution < 1.29 is 4.74 Å². The zero-order valence-electron chi connectivity index (χ0n) is 9.39. The Hall–Kier alpha value is -0.990. The third-order valence-electron chi connectivity index (χ3n) is 3.23. The van der Waals surface area contributed by atoms with E-state index in [0.717, 1.165) is 52.2 Å². The molecular weight excluding hydrogens is 257 g/mol. The van der Waals surface area contributed by atoms with E-state index in [4.69, 9.17) is 27.9 Å². The number of aryl methyl sites for hydroxylation is 1. The maximum atomic E-state index is 6.46. The van der Waals surface area contributed by atoms with Crippen LogP contribution in [0.2, 0.25) is 10.0 Å². The molecule has 0 saturated carbocycles. The van der Waals surface area contributed by atoms with Gasteiger partial charge in [0, 0.05) is 5.69 Å². The molecule has 1 aromatic heterocycles. The molecule has 0 spiro atoms. The van der Waals surface area contributed by atoms with Crippen molar-refractivity contribution in [3.05, 3.63) is 33.4 Å². The second kappa shape index (κ2) is 4.04. The van der Waals surface area contributed by atoms with Crippen LogP contribution >= 0.6 is 23.2 Å². The summed E-state index contributed by atoms with van der Waals surface area (Å²) in [7, 11) is 1.63. The highest BCUT2D eigenvalue weighted by Crippen LogP contribution is 2.40. The molecule has 4 heteroatoms. The van der Waals surface area contributed by atoms with Gasteiger partial charge in [-0.05, 0) is 37.0 Å². The van der Waals surface area contributed by atoms with Crippen LogP contribution in [0.5, 0.6) is 5.75 Å². The molecule has 1 aromatic carbocycles. The van der Waals surface area contributed by atoms with Crippen molar-refractivity contribution >= 4 is 34.1 Å². The van der Waals surface area contributed by atoms with Gasteiger partial charge in [0.05, 0.1) is 28.1 Å². The molecule has 0 saturated heterocycles. The van der Waals surface area contributed by atoms with Crippen molar-refractivity contribution in [3.63, 3.8) is 0 Å². The molecule has 0 bridgehead atoms. The monoisotopic (exact) mass is 267 g/mol. The number of halogens is 2. The Morgan fingerprint density at radius 1 is 1.24 bits per heavy atom. The van der Waals surface area contributed by atoms with Gasteiger partial charge in [0.25, 0.3) is 0 Å². The predicted molar refractivity (Wildman–Crippen MR) is 70.3 cm³/mol. The molecule has 0 radical (unpaired) electrons. The first-order chi connectivity index (χ1) is 8.22. The minimum atomic E-state index is 0.623. The van der Waals surface area contributed by atoms with Crippen LogP contribution in [0.3, 0.4) is 0 Å². The standard InChI is InChI=1S/C13H11Cl2NO/c1-17-10-6-5-8(14)13-11(10)12(15)7-3-2-4-9(7)16-13/h5-6H,2-4H2,1H3. The third-order valence-corrected chi connectivity index (χ3v) is 3.95. The summed E-state index contributed by atoms with van der Waals surface area (Å²) in [6.45, 7) is 0. The summed E-state index contributed by atoms with van der Waals surface area (Å²) in [6, 6.07) is 3.63. The molecule has 2 aromatic rings. The Morgan fingerprint density at radius 3 is 2.82 bits per heavy atom. The SMILES string of the molecule is COc1ccc(Cl)c2nc3c(c(Cl)c12)CCC3. The van der Waals surface area contributed by atoms with Crippen molar-refractivity contribution in [1.82, 2.24) is 4.98 Å². The number of pyridine rings is 1. The van der Waals surface area contributed by atoms with E-state index >= 15 is 0 Å². The highest BCUT2D eigenvalue weighted by atomic mass is 35.5. The fourth-order valence-electron chi connectivity index (χ4n) is 2.41. The van der Waals surface area contributed by atoms with Gasteiger partial charge in [-0.2, -0.15) is 0 Å². The summed E-state index contributed by atoms with van der Waals surface area (Å²) >= 11 is 12.6. The van der Waals surface area contributed by atoms with E-state index in [1.807, 2.05) is 6.07 Å². The lowest BCUT2D eigenvalue weighted by Gasteiger charge is -2.11. The largest absolute Gasteiger partial charge is 0.496 e. The van der Waals surface area contributed by atoms with Crippen LogP contribution in [0.15, 0.2) is 12.1 Å². The van der Waals surface area contributed by atoms with Gasteiger partial charge in [0.2, 0.25) is 0 Å². The first-order valence-corrected chi connectivity index (χ1v) is 6.31. The van der Waals surface area contributed by atoms with Crippen LogP contribution < -0.4 is 4.74 Å². The van der Waals surface area contributed by atoms with E-state index in [1.165, 1.54) is 0 Å². The van der Waals surface area contributed by atoms with Crippen LogP contribution in [0.1, 0.15) is 17.7 Å². The number of hydrogen-bond acceptors (Lipinski definition) is 2. The van der Waals surface area contributed by atoms with E-state index in [9.17, 15) is 0 Å². The normalized spacial score (nSPS) is 14.1. The fraction of sp³-hybridized carbons (Fsp3) is 0.308. The summed E-state index contributed by atoms with van der Waals surface area (Å²) in [4.78, 5) is 4.63. The molecule has 0 unspecified atom stereocenters. The number of fused-ring (bicyclic) bond motifs is 2. The van der Waals surface area contributed by atoms with Crippen molar-refractivity contribution in [3.8, 4) is 5.75 Å². The molecule has 1 aliphatic rings. The van der Waals surface area contributed by atoms with Crippen molar-refractivity contribution in [2.24, 2.45) is 0 Å². The smallest absolute Gasteiger partial charge is 0.129 e. The van der Waals surface area contributed by atoms with E-state index in [2.05, 4.69) is 4.98 Å². The minimum Gasteiger partial charge on any atom is -0.496 e. The predicted octanol–water partition coefficient (Wildman–Crippen LogP) is 4.04. The summed E-state index contributed by atoms with van der Waals surface area (Å²) in [6.07, 6.45) is 3.09. The Labute approximate surface area is 110 Å². The van der Waals surface area contributed by atoms with Gasteiger partial charge >= 0.3 is 0 Å².